The predicted octanol–water partition coefficient (Wildman–Crippen LogP) is 2.13. The summed E-state index contributed by atoms with van der Waals surface area (Å²) in [5, 5.41) is 7.70. The molecule has 0 bridgehead atoms. The number of aryl methyl sites for hydroxylation is 1. The molecular weight excluding hydrogens is 286 g/mol. The molecule has 0 fully saturated rings. The first-order chi connectivity index (χ1) is 9.07. The summed E-state index contributed by atoms with van der Waals surface area (Å²) >= 11 is 5.76. The Morgan fingerprint density at radius 3 is 2.68 bits per heavy atom. The summed E-state index contributed by atoms with van der Waals surface area (Å²) in [5.41, 5.74) is 0.934. The molecule has 2 aromatic rings. The minimum Gasteiger partial charge on any atom is -0.368 e. The number of nitrogens with one attached hydrogen (secondary N) is 1. The van der Waals surface area contributed by atoms with Gasteiger partial charge in [-0.25, -0.2) is 0 Å². The Balaban J connectivity index is 2.04. The number of hydrogen-bond donors (Lipinski definition) is 1. The highest BCUT2D eigenvalue weighted by Gasteiger charge is 2.22. The lowest BCUT2D eigenvalue weighted by atomic mass is 10.1. The highest BCUT2D eigenvalue weighted by atomic mass is 35.5. The van der Waals surface area contributed by atoms with Crippen molar-refractivity contribution in [1.29, 1.82) is 0 Å². The van der Waals surface area contributed by atoms with Crippen molar-refractivity contribution in [1.82, 2.24) is 9.19 Å². The van der Waals surface area contributed by atoms with Crippen LogP contribution < -0.4 is 5.32 Å². The molecule has 1 aliphatic rings. The molecule has 5 nitrogen and oxygen atoms in total. The van der Waals surface area contributed by atoms with Crippen LogP contribution in [0.25, 0.3) is 0 Å². The quantitative estimate of drug-likeness (QED) is 0.922. The van der Waals surface area contributed by atoms with Crippen LogP contribution in [-0.2, 0) is 16.4 Å². The summed E-state index contributed by atoms with van der Waals surface area (Å²) < 4.78 is 25.8. The lowest BCUT2D eigenvalue weighted by molar-refractivity contribution is 0.580. The van der Waals surface area contributed by atoms with Crippen LogP contribution in [0, 0.1) is 0 Å². The van der Waals surface area contributed by atoms with Crippen molar-refractivity contribution in [2.45, 2.75) is 17.7 Å². The van der Waals surface area contributed by atoms with E-state index in [4.69, 9.17) is 11.6 Å². The van der Waals surface area contributed by atoms with Crippen molar-refractivity contribution in [3.63, 3.8) is 0 Å². The van der Waals surface area contributed by atoms with Crippen molar-refractivity contribution in [3.05, 3.63) is 41.0 Å². The van der Waals surface area contributed by atoms with Gasteiger partial charge in [0.1, 0.15) is 0 Å². The average Bonchev–Trinajstić information content (AvgIpc) is 2.83. The third-order valence-corrected chi connectivity index (χ3v) is 4.84. The van der Waals surface area contributed by atoms with Crippen molar-refractivity contribution < 1.29 is 8.42 Å². The summed E-state index contributed by atoms with van der Waals surface area (Å²) in [6.45, 7) is 0.824. The van der Waals surface area contributed by atoms with Gasteiger partial charge in [-0.05, 0) is 37.1 Å². The molecule has 1 aromatic carbocycles. The minimum atomic E-state index is -3.64. The van der Waals surface area contributed by atoms with Gasteiger partial charge in [0.25, 0.3) is 10.0 Å². The van der Waals surface area contributed by atoms with Crippen molar-refractivity contribution >= 4 is 27.4 Å². The predicted molar refractivity (Wildman–Crippen MR) is 73.1 cm³/mol. The lowest BCUT2D eigenvalue weighted by Gasteiger charge is -2.10. The van der Waals surface area contributed by atoms with Crippen LogP contribution in [0.2, 0.25) is 5.02 Å². The molecule has 19 heavy (non-hydrogen) atoms. The zero-order chi connectivity index (χ0) is 13.5. The van der Waals surface area contributed by atoms with Crippen LogP contribution >= 0.6 is 11.6 Å². The van der Waals surface area contributed by atoms with E-state index >= 15 is 0 Å². The van der Waals surface area contributed by atoms with Crippen LogP contribution in [0.5, 0.6) is 0 Å². The van der Waals surface area contributed by atoms with Crippen LogP contribution in [0.15, 0.2) is 35.4 Å². The average molecular weight is 298 g/mol. The standard InChI is InChI=1S/C12H12ClN3O2S/c13-10-3-5-11(6-4-10)19(17,18)16-8-9-2-1-7-14-12(9)15-16/h3-6,8H,1-2,7H2,(H,14,15). The molecule has 7 heteroatoms. The minimum absolute atomic E-state index is 0.178. The van der Waals surface area contributed by atoms with Gasteiger partial charge >= 0.3 is 0 Å². The molecule has 2 heterocycles. The molecule has 0 aliphatic carbocycles. The third kappa shape index (κ3) is 2.21. The van der Waals surface area contributed by atoms with Crippen molar-refractivity contribution in [2.75, 3.05) is 11.9 Å². The molecule has 3 rings (SSSR count). The molecule has 0 radical (unpaired) electrons. The van der Waals surface area contributed by atoms with E-state index < -0.39 is 10.0 Å². The second-order valence-electron chi connectivity index (χ2n) is 4.36. The van der Waals surface area contributed by atoms with Gasteiger partial charge < -0.3 is 5.32 Å². The van der Waals surface area contributed by atoms with E-state index in [-0.39, 0.29) is 4.90 Å². The zero-order valence-corrected chi connectivity index (χ0v) is 11.6. The van der Waals surface area contributed by atoms with E-state index in [1.54, 1.807) is 18.3 Å². The topological polar surface area (TPSA) is 64.0 Å². The van der Waals surface area contributed by atoms with Crippen LogP contribution in [0.4, 0.5) is 5.82 Å². The Bertz CT molecular complexity index is 684. The van der Waals surface area contributed by atoms with Gasteiger partial charge in [0, 0.05) is 23.3 Å². The SMILES string of the molecule is O=S(=O)(c1ccc(Cl)cc1)n1cc2c(n1)NCCC2. The molecular formula is C12H12ClN3O2S. The fourth-order valence-corrected chi connectivity index (χ4v) is 3.32. The van der Waals surface area contributed by atoms with Gasteiger partial charge in [0.05, 0.1) is 4.90 Å². The first kappa shape index (κ1) is 12.5. The first-order valence-electron chi connectivity index (χ1n) is 5.91. The maximum absolute atomic E-state index is 12.4. The number of fused-ring (bicyclic) bond motifs is 1. The van der Waals surface area contributed by atoms with Gasteiger partial charge in [0.2, 0.25) is 0 Å². The molecule has 0 saturated heterocycles. The van der Waals surface area contributed by atoms with Crippen molar-refractivity contribution in [2.24, 2.45) is 0 Å². The Labute approximate surface area is 116 Å². The van der Waals surface area contributed by atoms with Crippen LogP contribution in [0.1, 0.15) is 12.0 Å². The summed E-state index contributed by atoms with van der Waals surface area (Å²) in [5.74, 6) is 0.656. The number of rotatable bonds is 2. The monoisotopic (exact) mass is 297 g/mol. The molecule has 0 atom stereocenters. The highest BCUT2D eigenvalue weighted by molar-refractivity contribution is 7.89. The van der Waals surface area contributed by atoms with E-state index in [0.29, 0.717) is 10.8 Å². The van der Waals surface area contributed by atoms with E-state index in [2.05, 4.69) is 10.4 Å². The Morgan fingerprint density at radius 2 is 2.00 bits per heavy atom. The molecule has 0 spiro atoms. The zero-order valence-electron chi connectivity index (χ0n) is 10.0. The number of aromatic nitrogens is 2. The maximum atomic E-state index is 12.4. The number of benzene rings is 1. The number of nitrogens with zero attached hydrogens (tertiary/aromatic N) is 2. The van der Waals surface area contributed by atoms with Crippen LogP contribution in [-0.4, -0.2) is 24.1 Å². The number of hydrogen-bond acceptors (Lipinski definition) is 4. The van der Waals surface area contributed by atoms with Gasteiger partial charge in [-0.15, -0.1) is 5.10 Å². The number of halogens is 1. The van der Waals surface area contributed by atoms with E-state index in [9.17, 15) is 8.42 Å². The summed E-state index contributed by atoms with van der Waals surface area (Å²) in [4.78, 5) is 0.178. The smallest absolute Gasteiger partial charge is 0.283 e. The summed E-state index contributed by atoms with van der Waals surface area (Å²) in [6.07, 6.45) is 3.41. The van der Waals surface area contributed by atoms with E-state index in [1.165, 1.54) is 12.1 Å². The van der Waals surface area contributed by atoms with E-state index in [0.717, 1.165) is 29.0 Å². The molecule has 0 unspecified atom stereocenters. The van der Waals surface area contributed by atoms with Gasteiger partial charge in [0.15, 0.2) is 5.82 Å². The third-order valence-electron chi connectivity index (χ3n) is 3.04. The molecule has 0 amide bonds. The second kappa shape index (κ2) is 4.54. The van der Waals surface area contributed by atoms with E-state index in [1.807, 2.05) is 0 Å². The largest absolute Gasteiger partial charge is 0.368 e. The molecule has 1 N–H and O–H groups in total. The molecule has 100 valence electrons. The second-order valence-corrected chi connectivity index (χ2v) is 6.60. The Morgan fingerprint density at radius 1 is 1.26 bits per heavy atom. The highest BCUT2D eigenvalue weighted by Crippen LogP contribution is 2.23. The Kier molecular flexibility index (Phi) is 2.99. The first-order valence-corrected chi connectivity index (χ1v) is 7.73. The van der Waals surface area contributed by atoms with Gasteiger partial charge in [-0.2, -0.15) is 12.5 Å². The van der Waals surface area contributed by atoms with Crippen molar-refractivity contribution in [3.8, 4) is 0 Å². The van der Waals surface area contributed by atoms with Crippen LogP contribution in [0.3, 0.4) is 0 Å². The lowest BCUT2D eigenvalue weighted by Crippen LogP contribution is -2.14. The normalized spacial score (nSPS) is 14.8. The van der Waals surface area contributed by atoms with Gasteiger partial charge in [-0.3, -0.25) is 0 Å². The maximum Gasteiger partial charge on any atom is 0.283 e. The summed E-state index contributed by atoms with van der Waals surface area (Å²) in [7, 11) is -3.64. The molecule has 1 aliphatic heterocycles. The molecule has 0 saturated carbocycles. The Hall–Kier alpha value is -1.53. The molecule has 1 aromatic heterocycles. The fourth-order valence-electron chi connectivity index (χ4n) is 2.04. The van der Waals surface area contributed by atoms with Gasteiger partial charge in [-0.1, -0.05) is 11.6 Å². The summed E-state index contributed by atoms with van der Waals surface area (Å²) in [6, 6.07) is 6.06. The number of anilines is 1. The fraction of sp³-hybridized carbons (Fsp3) is 0.250.